The van der Waals surface area contributed by atoms with E-state index in [-0.39, 0.29) is 0 Å². The second kappa shape index (κ2) is 8.87. The van der Waals surface area contributed by atoms with Crippen molar-refractivity contribution in [2.45, 2.75) is 12.8 Å². The highest BCUT2D eigenvalue weighted by atomic mass is 14.8. The molecule has 0 amide bonds. The van der Waals surface area contributed by atoms with Crippen LogP contribution in [0, 0.1) is 0 Å². The van der Waals surface area contributed by atoms with Gasteiger partial charge in [0.25, 0.3) is 0 Å². The molecule has 0 aliphatic heterocycles. The third-order valence-electron chi connectivity index (χ3n) is 6.36. The Morgan fingerprint density at radius 3 is 2.18 bits per heavy atom. The Labute approximate surface area is 199 Å². The number of pyridine rings is 1. The summed E-state index contributed by atoms with van der Waals surface area (Å²) in [5.41, 5.74) is 11.4. The van der Waals surface area contributed by atoms with Gasteiger partial charge in [0.2, 0.25) is 0 Å². The first-order valence-electron chi connectivity index (χ1n) is 11.6. The first kappa shape index (κ1) is 20.3. The molecule has 3 nitrogen and oxygen atoms in total. The molecule has 6 rings (SSSR count). The monoisotopic (exact) mass is 437 g/mol. The van der Waals surface area contributed by atoms with Gasteiger partial charge in [-0.25, -0.2) is 9.97 Å². The maximum Gasteiger partial charge on any atom is 0.116 e. The zero-order valence-electron chi connectivity index (χ0n) is 18.7. The van der Waals surface area contributed by atoms with E-state index in [0.29, 0.717) is 0 Å². The van der Waals surface area contributed by atoms with E-state index in [2.05, 4.69) is 106 Å². The molecule has 34 heavy (non-hydrogen) atoms. The van der Waals surface area contributed by atoms with Crippen LogP contribution in [0.4, 0.5) is 0 Å². The second-order valence-electron chi connectivity index (χ2n) is 8.54. The number of aromatic nitrogens is 3. The highest BCUT2D eigenvalue weighted by Crippen LogP contribution is 2.30. The number of hydrogen-bond acceptors (Lipinski definition) is 3. The summed E-state index contributed by atoms with van der Waals surface area (Å²) < 4.78 is 0. The number of nitrogens with zero attached hydrogens (tertiary/aromatic N) is 3. The van der Waals surface area contributed by atoms with Crippen LogP contribution in [0.25, 0.3) is 50.8 Å². The predicted octanol–water partition coefficient (Wildman–Crippen LogP) is 7.50. The van der Waals surface area contributed by atoms with Gasteiger partial charge in [-0.05, 0) is 64.9 Å². The van der Waals surface area contributed by atoms with Gasteiger partial charge in [-0.1, -0.05) is 72.8 Å². The molecule has 0 unspecified atom stereocenters. The molecule has 162 valence electrons. The number of fused-ring (bicyclic) bond motifs is 1. The molecule has 2 aromatic heterocycles. The van der Waals surface area contributed by atoms with Crippen LogP contribution in [-0.4, -0.2) is 15.0 Å². The molecule has 3 heteroatoms. The summed E-state index contributed by atoms with van der Waals surface area (Å²) in [6.07, 6.45) is 12.1. The Morgan fingerprint density at radius 1 is 0.588 bits per heavy atom. The van der Waals surface area contributed by atoms with Crippen molar-refractivity contribution < 1.29 is 0 Å². The van der Waals surface area contributed by atoms with E-state index in [9.17, 15) is 0 Å². The summed E-state index contributed by atoms with van der Waals surface area (Å²) >= 11 is 0. The Morgan fingerprint density at radius 2 is 1.32 bits per heavy atom. The number of hydrogen-bond donors (Lipinski definition) is 0. The molecule has 0 saturated heterocycles. The smallest absolute Gasteiger partial charge is 0.116 e. The number of rotatable bonds is 4. The Bertz CT molecular complexity index is 1490. The summed E-state index contributed by atoms with van der Waals surface area (Å²) in [6.45, 7) is 0. The van der Waals surface area contributed by atoms with Crippen LogP contribution < -0.4 is 0 Å². The van der Waals surface area contributed by atoms with Crippen LogP contribution in [0.2, 0.25) is 0 Å². The largest absolute Gasteiger partial charge is 0.264 e. The minimum Gasteiger partial charge on any atom is -0.264 e. The van der Waals surface area contributed by atoms with E-state index in [4.69, 9.17) is 0 Å². The average Bonchev–Trinajstić information content (AvgIpc) is 2.93. The van der Waals surface area contributed by atoms with Gasteiger partial charge in [-0.15, -0.1) is 0 Å². The number of aryl methyl sites for hydroxylation is 1. The lowest BCUT2D eigenvalue weighted by Gasteiger charge is -2.12. The predicted molar refractivity (Wildman–Crippen MR) is 139 cm³/mol. The minimum absolute atomic E-state index is 0.904. The molecule has 1 aliphatic rings. The van der Waals surface area contributed by atoms with Gasteiger partial charge >= 0.3 is 0 Å². The number of benzene rings is 3. The number of allylic oxidation sites excluding steroid dienone is 1. The van der Waals surface area contributed by atoms with Crippen molar-refractivity contribution in [2.75, 3.05) is 0 Å². The van der Waals surface area contributed by atoms with Crippen molar-refractivity contribution in [2.24, 2.45) is 0 Å². The molecule has 0 spiro atoms. The van der Waals surface area contributed by atoms with Gasteiger partial charge in [0.15, 0.2) is 0 Å². The lowest BCUT2D eigenvalue weighted by molar-refractivity contribution is 0.986. The van der Waals surface area contributed by atoms with Crippen molar-refractivity contribution in [3.05, 3.63) is 121 Å². The van der Waals surface area contributed by atoms with Crippen LogP contribution >= 0.6 is 0 Å². The summed E-state index contributed by atoms with van der Waals surface area (Å²) in [5.74, 6) is 0. The van der Waals surface area contributed by atoms with Crippen molar-refractivity contribution in [1.29, 1.82) is 0 Å². The molecule has 0 saturated carbocycles. The third kappa shape index (κ3) is 4.04. The molecule has 0 bridgehead atoms. The lowest BCUT2D eigenvalue weighted by atomic mass is 9.93. The van der Waals surface area contributed by atoms with E-state index < -0.39 is 0 Å². The van der Waals surface area contributed by atoms with Gasteiger partial charge in [-0.2, -0.15) is 0 Å². The lowest BCUT2D eigenvalue weighted by Crippen LogP contribution is -1.94. The molecule has 1 aliphatic carbocycles. The molecule has 2 heterocycles. The van der Waals surface area contributed by atoms with Gasteiger partial charge in [0, 0.05) is 29.1 Å². The van der Waals surface area contributed by atoms with Crippen molar-refractivity contribution in [3.63, 3.8) is 0 Å². The summed E-state index contributed by atoms with van der Waals surface area (Å²) in [6, 6.07) is 29.9. The van der Waals surface area contributed by atoms with Gasteiger partial charge < -0.3 is 0 Å². The summed E-state index contributed by atoms with van der Waals surface area (Å²) in [5, 5.41) is 0. The third-order valence-corrected chi connectivity index (χ3v) is 6.36. The Balaban J connectivity index is 1.29. The molecule has 0 N–H and O–H groups in total. The maximum absolute atomic E-state index is 4.55. The van der Waals surface area contributed by atoms with E-state index in [0.717, 1.165) is 46.5 Å². The van der Waals surface area contributed by atoms with Crippen LogP contribution in [0.5, 0.6) is 0 Å². The van der Waals surface area contributed by atoms with E-state index in [1.54, 1.807) is 12.5 Å². The molecule has 5 aromatic rings. The molecule has 0 fully saturated rings. The van der Waals surface area contributed by atoms with Crippen LogP contribution in [0.3, 0.4) is 0 Å². The summed E-state index contributed by atoms with van der Waals surface area (Å²) in [4.78, 5) is 13.3. The van der Waals surface area contributed by atoms with Gasteiger partial charge in [-0.3, -0.25) is 4.98 Å². The SMILES string of the molecule is C1=Cc2cc(-c3ccc(-c4cc(-c5cccc(-c6cccnc6)c5)ncn4)cc3)ccc2CC1. The molecular weight excluding hydrogens is 414 g/mol. The molecule has 0 radical (unpaired) electrons. The van der Waals surface area contributed by atoms with Crippen molar-refractivity contribution in [3.8, 4) is 44.8 Å². The maximum atomic E-state index is 4.55. The van der Waals surface area contributed by atoms with E-state index in [1.165, 1.54) is 22.3 Å². The highest BCUT2D eigenvalue weighted by Gasteiger charge is 2.09. The zero-order chi connectivity index (χ0) is 22.7. The molecule has 3 aromatic carbocycles. The fraction of sp³-hybridized carbons (Fsp3) is 0.0645. The van der Waals surface area contributed by atoms with E-state index >= 15 is 0 Å². The van der Waals surface area contributed by atoms with Crippen LogP contribution in [0.1, 0.15) is 17.5 Å². The zero-order valence-corrected chi connectivity index (χ0v) is 18.7. The second-order valence-corrected chi connectivity index (χ2v) is 8.54. The topological polar surface area (TPSA) is 38.7 Å². The van der Waals surface area contributed by atoms with Crippen molar-refractivity contribution >= 4 is 6.08 Å². The highest BCUT2D eigenvalue weighted by molar-refractivity contribution is 5.75. The quantitative estimate of drug-likeness (QED) is 0.292. The average molecular weight is 438 g/mol. The molecular formula is C31H23N3. The van der Waals surface area contributed by atoms with Gasteiger partial charge in [0.1, 0.15) is 6.33 Å². The first-order chi connectivity index (χ1) is 16.8. The standard InChI is InChI=1S/C31H23N3/c1-2-6-25-17-27(15-12-22(25)5-1)23-10-13-24(14-11-23)30-19-31(34-21-33-30)28-8-3-7-26(18-28)29-9-4-16-32-20-29/h2-4,6-21H,1,5H2. The first-order valence-corrected chi connectivity index (χ1v) is 11.6. The summed E-state index contributed by atoms with van der Waals surface area (Å²) in [7, 11) is 0. The van der Waals surface area contributed by atoms with Crippen molar-refractivity contribution in [1.82, 2.24) is 15.0 Å². The van der Waals surface area contributed by atoms with Crippen LogP contribution in [-0.2, 0) is 6.42 Å². The Kier molecular flexibility index (Phi) is 5.29. The van der Waals surface area contributed by atoms with E-state index in [1.807, 2.05) is 12.3 Å². The normalized spacial score (nSPS) is 12.4. The van der Waals surface area contributed by atoms with Gasteiger partial charge in [0.05, 0.1) is 11.4 Å². The minimum atomic E-state index is 0.904. The molecule has 0 atom stereocenters. The van der Waals surface area contributed by atoms with Crippen LogP contribution in [0.15, 0.2) is 110 Å². The Hall–Kier alpha value is -4.37. The fourth-order valence-corrected chi connectivity index (χ4v) is 4.50. The fourth-order valence-electron chi connectivity index (χ4n) is 4.50.